The van der Waals surface area contributed by atoms with Crippen molar-refractivity contribution in [1.29, 1.82) is 0 Å². The Labute approximate surface area is 191 Å². The molecule has 1 aromatic carbocycles. The molecule has 10 heteroatoms. The van der Waals surface area contributed by atoms with E-state index in [1.165, 1.54) is 15.6 Å². The van der Waals surface area contributed by atoms with Gasteiger partial charge in [0.2, 0.25) is 15.9 Å². The first-order valence-corrected chi connectivity index (χ1v) is 13.2. The maximum atomic E-state index is 13.7. The number of benzene rings is 1. The van der Waals surface area contributed by atoms with Crippen LogP contribution >= 0.6 is 11.3 Å². The number of thiazole rings is 1. The van der Waals surface area contributed by atoms with E-state index in [4.69, 9.17) is 9.72 Å². The van der Waals surface area contributed by atoms with Crippen molar-refractivity contribution >= 4 is 42.6 Å². The summed E-state index contributed by atoms with van der Waals surface area (Å²) in [5.74, 6) is 0.485. The van der Waals surface area contributed by atoms with Crippen LogP contribution in [0.2, 0.25) is 0 Å². The number of hydrogen-bond acceptors (Lipinski definition) is 7. The lowest BCUT2D eigenvalue weighted by molar-refractivity contribution is -0.123. The second-order valence-corrected chi connectivity index (χ2v) is 10.7. The minimum atomic E-state index is -3.51. The zero-order valence-electron chi connectivity index (χ0n) is 18.1. The van der Waals surface area contributed by atoms with E-state index in [-0.39, 0.29) is 12.5 Å². The van der Waals surface area contributed by atoms with Gasteiger partial charge >= 0.3 is 0 Å². The molecule has 3 heterocycles. The third-order valence-electron chi connectivity index (χ3n) is 5.38. The number of fused-ring (bicyclic) bond motifs is 1. The van der Waals surface area contributed by atoms with Crippen molar-refractivity contribution in [2.75, 3.05) is 24.3 Å². The summed E-state index contributed by atoms with van der Waals surface area (Å²) in [6.45, 7) is 3.10. The predicted octanol–water partition coefficient (Wildman–Crippen LogP) is 3.44. The van der Waals surface area contributed by atoms with Crippen molar-refractivity contribution in [3.8, 4) is 5.75 Å². The Balaban J connectivity index is 1.73. The molecule has 8 nitrogen and oxygen atoms in total. The Hall–Kier alpha value is -2.56. The number of nitrogens with zero attached hydrogens (tertiary/aromatic N) is 4. The van der Waals surface area contributed by atoms with Gasteiger partial charge in [0.25, 0.3) is 0 Å². The van der Waals surface area contributed by atoms with Crippen LogP contribution in [0.5, 0.6) is 5.75 Å². The summed E-state index contributed by atoms with van der Waals surface area (Å²) >= 11 is 1.39. The topological polar surface area (TPSA) is 92.7 Å². The zero-order valence-corrected chi connectivity index (χ0v) is 19.7. The van der Waals surface area contributed by atoms with Crippen molar-refractivity contribution in [3.05, 3.63) is 48.3 Å². The van der Waals surface area contributed by atoms with Crippen LogP contribution in [0.15, 0.2) is 42.7 Å². The van der Waals surface area contributed by atoms with Crippen molar-refractivity contribution < 1.29 is 17.9 Å². The van der Waals surface area contributed by atoms with Crippen molar-refractivity contribution in [2.45, 2.75) is 38.8 Å². The standard InChI is InChI=1S/C22H26N4O4S2/c1-3-30-17-9-10-18-20(13-17)31-22(24-18)25(15-16-7-6-11-23-14-16)21(27)19-8-4-5-12-26(19)32(2,28)29/h6-7,9-11,13-14,19H,3-5,8,12,15H2,1-2H3. The average Bonchev–Trinajstić information content (AvgIpc) is 3.20. The van der Waals surface area contributed by atoms with Crippen LogP contribution in [0.1, 0.15) is 31.7 Å². The third kappa shape index (κ3) is 4.92. The minimum absolute atomic E-state index is 0.261. The first-order chi connectivity index (χ1) is 15.4. The minimum Gasteiger partial charge on any atom is -0.494 e. The third-order valence-corrected chi connectivity index (χ3v) is 7.71. The Bertz CT molecular complexity index is 1200. The normalized spacial score (nSPS) is 17.4. The SMILES string of the molecule is CCOc1ccc2nc(N(Cc3cccnc3)C(=O)C3CCCCN3S(C)(=O)=O)sc2c1. The summed E-state index contributed by atoms with van der Waals surface area (Å²) in [6.07, 6.45) is 6.60. The maximum absolute atomic E-state index is 13.7. The average molecular weight is 475 g/mol. The molecule has 4 rings (SSSR count). The van der Waals surface area contributed by atoms with Gasteiger partial charge < -0.3 is 4.74 Å². The number of amides is 1. The van der Waals surface area contributed by atoms with E-state index in [0.29, 0.717) is 24.7 Å². The molecule has 170 valence electrons. The summed E-state index contributed by atoms with van der Waals surface area (Å²) in [4.78, 5) is 24.2. The molecule has 1 saturated heterocycles. The Morgan fingerprint density at radius 3 is 2.88 bits per heavy atom. The van der Waals surface area contributed by atoms with Crippen molar-refractivity contribution in [2.24, 2.45) is 0 Å². The quantitative estimate of drug-likeness (QED) is 0.521. The molecule has 1 amide bonds. The summed E-state index contributed by atoms with van der Waals surface area (Å²) in [5.41, 5.74) is 1.61. The fraction of sp³-hybridized carbons (Fsp3) is 0.409. The van der Waals surface area contributed by atoms with E-state index in [0.717, 1.165) is 40.6 Å². The van der Waals surface area contributed by atoms with Crippen LogP contribution in [0.4, 0.5) is 5.13 Å². The van der Waals surface area contributed by atoms with Gasteiger partial charge in [-0.3, -0.25) is 14.7 Å². The molecule has 0 bridgehead atoms. The van der Waals surface area contributed by atoms with E-state index in [2.05, 4.69) is 4.98 Å². The van der Waals surface area contributed by atoms with Gasteiger partial charge in [0.1, 0.15) is 11.8 Å². The number of rotatable bonds is 7. The van der Waals surface area contributed by atoms with Gasteiger partial charge in [0.05, 0.1) is 29.6 Å². The predicted molar refractivity (Wildman–Crippen MR) is 125 cm³/mol. The Morgan fingerprint density at radius 1 is 1.31 bits per heavy atom. The molecule has 0 radical (unpaired) electrons. The summed E-state index contributed by atoms with van der Waals surface area (Å²) < 4.78 is 32.6. The van der Waals surface area contributed by atoms with Gasteiger partial charge in [-0.05, 0) is 49.6 Å². The molecule has 1 unspecified atom stereocenters. The molecule has 2 aromatic heterocycles. The van der Waals surface area contributed by atoms with Crippen LogP contribution in [0, 0.1) is 0 Å². The molecule has 32 heavy (non-hydrogen) atoms. The number of anilines is 1. The van der Waals surface area contributed by atoms with Crippen LogP contribution in [0.25, 0.3) is 10.2 Å². The van der Waals surface area contributed by atoms with Gasteiger partial charge in [0.15, 0.2) is 5.13 Å². The molecule has 0 N–H and O–H groups in total. The van der Waals surface area contributed by atoms with Gasteiger partial charge in [0, 0.05) is 18.9 Å². The first-order valence-electron chi connectivity index (χ1n) is 10.6. The fourth-order valence-electron chi connectivity index (χ4n) is 3.91. The number of pyridine rings is 1. The number of sulfonamides is 1. The largest absolute Gasteiger partial charge is 0.494 e. The molecule has 0 spiro atoms. The highest BCUT2D eigenvalue weighted by atomic mass is 32.2. The molecular formula is C22H26N4O4S2. The second-order valence-electron chi connectivity index (χ2n) is 7.73. The zero-order chi connectivity index (χ0) is 22.7. The van der Waals surface area contributed by atoms with Crippen LogP contribution in [-0.4, -0.2) is 54.0 Å². The van der Waals surface area contributed by atoms with E-state index < -0.39 is 16.1 Å². The van der Waals surface area contributed by atoms with Gasteiger partial charge in [-0.1, -0.05) is 23.8 Å². The molecule has 1 atom stereocenters. The molecule has 1 aliphatic heterocycles. The van der Waals surface area contributed by atoms with Gasteiger partial charge in [-0.2, -0.15) is 4.31 Å². The van der Waals surface area contributed by atoms with Crippen LogP contribution in [-0.2, 0) is 21.4 Å². The number of aromatic nitrogens is 2. The van der Waals surface area contributed by atoms with Gasteiger partial charge in [-0.15, -0.1) is 0 Å². The Kier molecular flexibility index (Phi) is 6.73. The van der Waals surface area contributed by atoms with Gasteiger partial charge in [-0.25, -0.2) is 13.4 Å². The molecule has 1 aliphatic rings. The van der Waals surface area contributed by atoms with E-state index in [9.17, 15) is 13.2 Å². The lowest BCUT2D eigenvalue weighted by atomic mass is 10.0. The molecule has 1 fully saturated rings. The number of carbonyl (C=O) groups is 1. The lowest BCUT2D eigenvalue weighted by Crippen LogP contribution is -2.52. The number of hydrogen-bond donors (Lipinski definition) is 0. The van der Waals surface area contributed by atoms with Crippen molar-refractivity contribution in [1.82, 2.24) is 14.3 Å². The smallest absolute Gasteiger partial charge is 0.247 e. The van der Waals surface area contributed by atoms with E-state index in [1.807, 2.05) is 37.3 Å². The van der Waals surface area contributed by atoms with Crippen LogP contribution in [0.3, 0.4) is 0 Å². The lowest BCUT2D eigenvalue weighted by Gasteiger charge is -2.35. The molecule has 0 saturated carbocycles. The first kappa shape index (κ1) is 22.6. The van der Waals surface area contributed by atoms with E-state index in [1.54, 1.807) is 17.3 Å². The monoisotopic (exact) mass is 474 g/mol. The highest BCUT2D eigenvalue weighted by Gasteiger charge is 2.38. The molecule has 0 aliphatic carbocycles. The van der Waals surface area contributed by atoms with Crippen LogP contribution < -0.4 is 9.64 Å². The highest BCUT2D eigenvalue weighted by molar-refractivity contribution is 7.88. The second kappa shape index (κ2) is 9.51. The number of ether oxygens (including phenoxy) is 1. The molecular weight excluding hydrogens is 448 g/mol. The fourth-order valence-corrected chi connectivity index (χ4v) is 6.02. The molecule has 3 aromatic rings. The van der Waals surface area contributed by atoms with E-state index >= 15 is 0 Å². The van der Waals surface area contributed by atoms with Crippen molar-refractivity contribution in [3.63, 3.8) is 0 Å². The Morgan fingerprint density at radius 2 is 2.16 bits per heavy atom. The maximum Gasteiger partial charge on any atom is 0.247 e. The summed E-state index contributed by atoms with van der Waals surface area (Å²) in [7, 11) is -3.51. The summed E-state index contributed by atoms with van der Waals surface area (Å²) in [6, 6.07) is 8.61. The number of carbonyl (C=O) groups excluding carboxylic acids is 1. The highest BCUT2D eigenvalue weighted by Crippen LogP contribution is 2.34. The summed E-state index contributed by atoms with van der Waals surface area (Å²) in [5, 5.41) is 0.529. The number of piperidine rings is 1.